The third-order valence-electron chi connectivity index (χ3n) is 5.19. The lowest BCUT2D eigenvalue weighted by atomic mass is 9.91. The summed E-state index contributed by atoms with van der Waals surface area (Å²) in [5.41, 5.74) is 1.56. The Hall–Kier alpha value is -2.84. The van der Waals surface area contributed by atoms with E-state index in [0.717, 1.165) is 31.8 Å². The number of hydrogen-bond acceptors (Lipinski definition) is 2. The molecule has 0 spiro atoms. The molecule has 0 aliphatic rings. The van der Waals surface area contributed by atoms with E-state index in [0.29, 0.717) is 24.0 Å². The Labute approximate surface area is 171 Å². The molecular weight excluding hydrogens is 391 g/mol. The summed E-state index contributed by atoms with van der Waals surface area (Å²) in [6.45, 7) is 1.99. The number of benzene rings is 3. The highest BCUT2D eigenvalue weighted by molar-refractivity contribution is 7.26. The second-order valence-corrected chi connectivity index (χ2v) is 8.38. The molecule has 1 heterocycles. The van der Waals surface area contributed by atoms with Gasteiger partial charge in [-0.2, -0.15) is 18.4 Å². The van der Waals surface area contributed by atoms with Crippen LogP contribution in [0.25, 0.3) is 20.2 Å². The van der Waals surface area contributed by atoms with Crippen molar-refractivity contribution < 1.29 is 13.2 Å². The minimum atomic E-state index is -4.34. The summed E-state index contributed by atoms with van der Waals surface area (Å²) in [6, 6.07) is 19.8. The number of nitriles is 1. The van der Waals surface area contributed by atoms with Crippen molar-refractivity contribution in [2.45, 2.75) is 25.9 Å². The van der Waals surface area contributed by atoms with Gasteiger partial charge in [-0.3, -0.25) is 0 Å². The molecule has 4 rings (SSSR count). The molecule has 1 aromatic heterocycles. The second kappa shape index (κ2) is 7.53. The molecule has 29 heavy (non-hydrogen) atoms. The zero-order valence-electron chi connectivity index (χ0n) is 15.8. The smallest absolute Gasteiger partial charge is 0.192 e. The molecule has 0 aliphatic carbocycles. The van der Waals surface area contributed by atoms with Crippen LogP contribution in [0.15, 0.2) is 60.7 Å². The van der Waals surface area contributed by atoms with E-state index in [1.165, 1.54) is 6.07 Å². The Morgan fingerprint density at radius 2 is 1.48 bits per heavy atom. The zero-order chi connectivity index (χ0) is 20.6. The first-order chi connectivity index (χ1) is 13.9. The van der Waals surface area contributed by atoms with Gasteiger partial charge in [-0.1, -0.05) is 55.5 Å². The van der Waals surface area contributed by atoms with Crippen LogP contribution in [0.3, 0.4) is 0 Å². The number of rotatable bonds is 4. The van der Waals surface area contributed by atoms with Gasteiger partial charge in [-0.15, -0.1) is 11.3 Å². The summed E-state index contributed by atoms with van der Waals surface area (Å²) in [5, 5.41) is 11.6. The average Bonchev–Trinajstić information content (AvgIpc) is 3.07. The van der Waals surface area contributed by atoms with Crippen LogP contribution in [0, 0.1) is 17.2 Å². The van der Waals surface area contributed by atoms with Crippen LogP contribution in [-0.2, 0) is 19.0 Å². The summed E-state index contributed by atoms with van der Waals surface area (Å²) >= 11 is 1.59. The van der Waals surface area contributed by atoms with Gasteiger partial charge in [0.2, 0.25) is 0 Å². The quantitative estimate of drug-likeness (QED) is 0.345. The molecule has 3 aromatic carbocycles. The molecule has 5 heteroatoms. The van der Waals surface area contributed by atoms with Gasteiger partial charge >= 0.3 is 6.18 Å². The molecule has 146 valence electrons. The average molecular weight is 409 g/mol. The molecule has 4 aromatic rings. The van der Waals surface area contributed by atoms with Gasteiger partial charge in [0.1, 0.15) is 6.07 Å². The van der Waals surface area contributed by atoms with Crippen molar-refractivity contribution in [2.75, 3.05) is 0 Å². The molecule has 1 atom stereocenters. The zero-order valence-corrected chi connectivity index (χ0v) is 16.6. The lowest BCUT2D eigenvalue weighted by Crippen LogP contribution is -2.12. The van der Waals surface area contributed by atoms with Crippen molar-refractivity contribution in [1.82, 2.24) is 0 Å². The lowest BCUT2D eigenvalue weighted by molar-refractivity contribution is -0.138. The number of nitrogens with zero attached hydrogens (tertiary/aromatic N) is 1. The second-order valence-electron chi connectivity index (χ2n) is 7.36. The largest absolute Gasteiger partial charge is 0.416 e. The van der Waals surface area contributed by atoms with Crippen molar-refractivity contribution in [3.05, 3.63) is 82.9 Å². The van der Waals surface area contributed by atoms with E-state index < -0.39 is 11.7 Å². The molecule has 1 nitrogen and oxygen atoms in total. The van der Waals surface area contributed by atoms with Crippen molar-refractivity contribution in [3.63, 3.8) is 0 Å². The molecule has 0 aliphatic heterocycles. The topological polar surface area (TPSA) is 23.8 Å². The first-order valence-corrected chi connectivity index (χ1v) is 10.2. The van der Waals surface area contributed by atoms with E-state index in [1.54, 1.807) is 23.5 Å². The first kappa shape index (κ1) is 19.5. The van der Waals surface area contributed by atoms with Crippen LogP contribution in [0.5, 0.6) is 0 Å². The van der Waals surface area contributed by atoms with Crippen LogP contribution in [0.1, 0.15) is 29.2 Å². The maximum atomic E-state index is 13.3. The molecule has 0 N–H and O–H groups in total. The number of thiophene rings is 1. The maximum Gasteiger partial charge on any atom is 0.416 e. The summed E-state index contributed by atoms with van der Waals surface area (Å²) in [7, 11) is 0. The van der Waals surface area contributed by atoms with Crippen LogP contribution < -0.4 is 0 Å². The Kier molecular flexibility index (Phi) is 5.06. The third kappa shape index (κ3) is 3.73. The Balaban J connectivity index is 1.68. The standard InChI is InChI=1S/C24H18F3NS/c1-15(12-16-6-2-3-11-21(16)24(25,26)27)13-17-7-4-9-19-20-10-5-8-18(14-28)23(20)29-22(17)19/h2-11,15H,12-13H2,1H3/t15-/m1/s1. The molecule has 0 bridgehead atoms. The van der Waals surface area contributed by atoms with Crippen LogP contribution in [-0.4, -0.2) is 0 Å². The van der Waals surface area contributed by atoms with Crippen molar-refractivity contribution in [3.8, 4) is 6.07 Å². The lowest BCUT2D eigenvalue weighted by Gasteiger charge is -2.17. The Morgan fingerprint density at radius 3 is 2.21 bits per heavy atom. The monoisotopic (exact) mass is 409 g/mol. The summed E-state index contributed by atoms with van der Waals surface area (Å²) in [6.07, 6.45) is -3.30. The number of hydrogen-bond donors (Lipinski definition) is 0. The Bertz CT molecular complexity index is 1230. The fourth-order valence-corrected chi connectivity index (χ4v) is 5.21. The molecule has 0 unspecified atom stereocenters. The highest BCUT2D eigenvalue weighted by atomic mass is 32.1. The fourth-order valence-electron chi connectivity index (χ4n) is 3.93. The first-order valence-electron chi connectivity index (χ1n) is 9.37. The van der Waals surface area contributed by atoms with E-state index in [2.05, 4.69) is 6.07 Å². The van der Waals surface area contributed by atoms with Gasteiger partial charge in [-0.25, -0.2) is 0 Å². The molecule has 0 saturated carbocycles. The Morgan fingerprint density at radius 1 is 0.862 bits per heavy atom. The van der Waals surface area contributed by atoms with Gasteiger partial charge < -0.3 is 0 Å². The number of halogens is 3. The molecular formula is C24H18F3NS. The maximum absolute atomic E-state index is 13.3. The van der Waals surface area contributed by atoms with Gasteiger partial charge in [0.05, 0.1) is 15.8 Å². The minimum absolute atomic E-state index is 0.0461. The van der Waals surface area contributed by atoms with Crippen molar-refractivity contribution in [2.24, 2.45) is 5.92 Å². The SMILES string of the molecule is C[C@H](Cc1ccccc1C(F)(F)F)Cc1cccc2c1sc1c(C#N)cccc12. The van der Waals surface area contributed by atoms with E-state index in [4.69, 9.17) is 0 Å². The molecule has 0 saturated heterocycles. The fraction of sp³-hybridized carbons (Fsp3) is 0.208. The predicted octanol–water partition coefficient (Wildman–Crippen LogP) is 7.37. The van der Waals surface area contributed by atoms with E-state index in [9.17, 15) is 18.4 Å². The molecule has 0 fully saturated rings. The van der Waals surface area contributed by atoms with Crippen LogP contribution in [0.4, 0.5) is 13.2 Å². The molecule has 0 radical (unpaired) electrons. The van der Waals surface area contributed by atoms with Crippen LogP contribution in [0.2, 0.25) is 0 Å². The summed E-state index contributed by atoms with van der Waals surface area (Å²) < 4.78 is 42.0. The highest BCUT2D eigenvalue weighted by Gasteiger charge is 2.33. The van der Waals surface area contributed by atoms with Crippen molar-refractivity contribution >= 4 is 31.5 Å². The van der Waals surface area contributed by atoms with Gasteiger partial charge in [0, 0.05) is 15.5 Å². The predicted molar refractivity (Wildman–Crippen MR) is 112 cm³/mol. The van der Waals surface area contributed by atoms with E-state index >= 15 is 0 Å². The number of fused-ring (bicyclic) bond motifs is 3. The number of alkyl halides is 3. The van der Waals surface area contributed by atoms with E-state index in [1.807, 2.05) is 43.3 Å². The molecule has 0 amide bonds. The van der Waals surface area contributed by atoms with E-state index in [-0.39, 0.29) is 5.92 Å². The summed E-state index contributed by atoms with van der Waals surface area (Å²) in [5.74, 6) is 0.0461. The van der Waals surface area contributed by atoms with Gasteiger partial charge in [0.15, 0.2) is 0 Å². The summed E-state index contributed by atoms with van der Waals surface area (Å²) in [4.78, 5) is 0. The third-order valence-corrected chi connectivity index (χ3v) is 6.52. The normalized spacial score (nSPS) is 12.9. The van der Waals surface area contributed by atoms with Gasteiger partial charge in [-0.05, 0) is 42.0 Å². The van der Waals surface area contributed by atoms with Crippen molar-refractivity contribution in [1.29, 1.82) is 5.26 Å². The van der Waals surface area contributed by atoms with Gasteiger partial charge in [0.25, 0.3) is 0 Å². The highest BCUT2D eigenvalue weighted by Crippen LogP contribution is 2.39. The van der Waals surface area contributed by atoms with Crippen LogP contribution >= 0.6 is 11.3 Å². The minimum Gasteiger partial charge on any atom is -0.192 e.